The summed E-state index contributed by atoms with van der Waals surface area (Å²) in [5, 5.41) is 15.8. The van der Waals surface area contributed by atoms with Crippen LogP contribution in [0.5, 0.6) is 0 Å². The standard InChI is InChI=1S/C18H19N3O5S2/c1-11-10-27-18(19-11)28-15-7-6-13(21(24)25)8-14(15)17(23)26-9-16(22)20-12-4-2-3-5-12/h6-8,10,12H,2-5,9H2,1H3,(H,20,22). The molecular formula is C18H19N3O5S2. The number of ether oxygens (including phenoxy) is 1. The van der Waals surface area contributed by atoms with E-state index in [0.29, 0.717) is 9.24 Å². The van der Waals surface area contributed by atoms with Gasteiger partial charge in [-0.15, -0.1) is 11.3 Å². The lowest BCUT2D eigenvalue weighted by Gasteiger charge is -2.12. The third-order valence-corrected chi connectivity index (χ3v) is 6.38. The minimum atomic E-state index is -0.777. The second-order valence-electron chi connectivity index (χ2n) is 6.42. The van der Waals surface area contributed by atoms with Crippen LogP contribution in [0.4, 0.5) is 5.69 Å². The van der Waals surface area contributed by atoms with Crippen molar-refractivity contribution in [3.8, 4) is 0 Å². The van der Waals surface area contributed by atoms with Gasteiger partial charge in [-0.3, -0.25) is 14.9 Å². The third-order valence-electron chi connectivity index (χ3n) is 4.24. The number of nitro benzene ring substituents is 1. The summed E-state index contributed by atoms with van der Waals surface area (Å²) < 4.78 is 5.82. The zero-order valence-corrected chi connectivity index (χ0v) is 16.8. The quantitative estimate of drug-likeness (QED) is 0.412. The zero-order chi connectivity index (χ0) is 20.1. The Bertz CT molecular complexity index is 893. The number of carbonyl (C=O) groups excluding carboxylic acids is 2. The SMILES string of the molecule is Cc1csc(Sc2ccc([N+](=O)[O-])cc2C(=O)OCC(=O)NC2CCCC2)n1. The van der Waals surface area contributed by atoms with Crippen molar-refractivity contribution in [1.82, 2.24) is 10.3 Å². The van der Waals surface area contributed by atoms with Crippen molar-refractivity contribution in [2.75, 3.05) is 6.61 Å². The average Bonchev–Trinajstić information content (AvgIpc) is 3.31. The van der Waals surface area contributed by atoms with E-state index in [2.05, 4.69) is 10.3 Å². The van der Waals surface area contributed by atoms with Gasteiger partial charge in [0.2, 0.25) is 0 Å². The largest absolute Gasteiger partial charge is 0.452 e. The Balaban J connectivity index is 1.71. The van der Waals surface area contributed by atoms with Crippen molar-refractivity contribution in [1.29, 1.82) is 0 Å². The van der Waals surface area contributed by atoms with E-state index in [1.54, 1.807) is 0 Å². The Morgan fingerprint density at radius 1 is 1.39 bits per heavy atom. The molecule has 2 aromatic rings. The van der Waals surface area contributed by atoms with E-state index in [1.165, 1.54) is 41.3 Å². The molecule has 3 rings (SSSR count). The Labute approximate surface area is 169 Å². The van der Waals surface area contributed by atoms with Gasteiger partial charge in [-0.2, -0.15) is 0 Å². The molecule has 1 aliphatic carbocycles. The van der Waals surface area contributed by atoms with E-state index in [1.807, 2.05) is 12.3 Å². The normalized spacial score (nSPS) is 14.0. The molecule has 1 heterocycles. The number of nitro groups is 1. The minimum Gasteiger partial charge on any atom is -0.452 e. The van der Waals surface area contributed by atoms with E-state index >= 15 is 0 Å². The molecule has 0 radical (unpaired) electrons. The first-order valence-electron chi connectivity index (χ1n) is 8.77. The molecule has 0 unspecified atom stereocenters. The lowest BCUT2D eigenvalue weighted by atomic mass is 10.2. The Kier molecular flexibility index (Phi) is 6.63. The second kappa shape index (κ2) is 9.16. The molecule has 28 heavy (non-hydrogen) atoms. The van der Waals surface area contributed by atoms with Gasteiger partial charge in [-0.1, -0.05) is 24.6 Å². The smallest absolute Gasteiger partial charge is 0.340 e. The van der Waals surface area contributed by atoms with Gasteiger partial charge in [0, 0.05) is 34.1 Å². The van der Waals surface area contributed by atoms with Crippen molar-refractivity contribution in [3.05, 3.63) is 45.0 Å². The maximum atomic E-state index is 12.5. The highest BCUT2D eigenvalue weighted by Crippen LogP contribution is 2.34. The Hall–Kier alpha value is -2.46. The molecule has 1 aromatic heterocycles. The maximum Gasteiger partial charge on any atom is 0.340 e. The number of nitrogens with zero attached hydrogens (tertiary/aromatic N) is 2. The van der Waals surface area contributed by atoms with Crippen LogP contribution in [0.25, 0.3) is 0 Å². The molecule has 0 bridgehead atoms. The summed E-state index contributed by atoms with van der Waals surface area (Å²) in [6.07, 6.45) is 4.02. The molecular weight excluding hydrogens is 402 g/mol. The van der Waals surface area contributed by atoms with Crippen LogP contribution < -0.4 is 5.32 Å². The van der Waals surface area contributed by atoms with Crippen molar-refractivity contribution in [3.63, 3.8) is 0 Å². The summed E-state index contributed by atoms with van der Waals surface area (Å²) >= 11 is 2.64. The fraction of sp³-hybridized carbons (Fsp3) is 0.389. The summed E-state index contributed by atoms with van der Waals surface area (Å²) in [6, 6.07) is 4.12. The number of thiazole rings is 1. The van der Waals surface area contributed by atoms with E-state index in [4.69, 9.17) is 4.74 Å². The average molecular weight is 422 g/mol. The van der Waals surface area contributed by atoms with Crippen molar-refractivity contribution in [2.24, 2.45) is 0 Å². The van der Waals surface area contributed by atoms with Crippen LogP contribution in [0.3, 0.4) is 0 Å². The molecule has 1 aliphatic rings. The minimum absolute atomic E-state index is 0.0423. The van der Waals surface area contributed by atoms with Gasteiger partial charge in [0.15, 0.2) is 10.9 Å². The Morgan fingerprint density at radius 2 is 2.14 bits per heavy atom. The van der Waals surface area contributed by atoms with Gasteiger partial charge in [0.05, 0.1) is 10.5 Å². The molecule has 1 N–H and O–H groups in total. The maximum absolute atomic E-state index is 12.5. The summed E-state index contributed by atoms with van der Waals surface area (Å²) in [5.41, 5.74) is 0.671. The van der Waals surface area contributed by atoms with Crippen molar-refractivity contribution in [2.45, 2.75) is 47.9 Å². The molecule has 0 saturated heterocycles. The zero-order valence-electron chi connectivity index (χ0n) is 15.2. The number of benzene rings is 1. The van der Waals surface area contributed by atoms with Crippen LogP contribution in [0.1, 0.15) is 41.7 Å². The molecule has 148 valence electrons. The van der Waals surface area contributed by atoms with Crippen LogP contribution in [-0.2, 0) is 9.53 Å². The lowest BCUT2D eigenvalue weighted by molar-refractivity contribution is -0.384. The summed E-state index contributed by atoms with van der Waals surface area (Å²) in [5.74, 6) is -1.14. The molecule has 1 aromatic carbocycles. The Morgan fingerprint density at radius 3 is 2.79 bits per heavy atom. The predicted molar refractivity (Wildman–Crippen MR) is 105 cm³/mol. The number of non-ortho nitro benzene ring substituents is 1. The van der Waals surface area contributed by atoms with Gasteiger partial charge in [-0.25, -0.2) is 9.78 Å². The van der Waals surface area contributed by atoms with E-state index < -0.39 is 17.5 Å². The van der Waals surface area contributed by atoms with E-state index in [-0.39, 0.29) is 23.2 Å². The third kappa shape index (κ3) is 5.29. The number of nitrogens with one attached hydrogen (secondary N) is 1. The molecule has 1 saturated carbocycles. The van der Waals surface area contributed by atoms with Crippen molar-refractivity contribution < 1.29 is 19.2 Å². The van der Waals surface area contributed by atoms with E-state index in [9.17, 15) is 19.7 Å². The van der Waals surface area contributed by atoms with Crippen LogP contribution in [0.15, 0.2) is 32.8 Å². The van der Waals surface area contributed by atoms with Crippen LogP contribution in [-0.4, -0.2) is 34.4 Å². The lowest BCUT2D eigenvalue weighted by Crippen LogP contribution is -2.35. The van der Waals surface area contributed by atoms with E-state index in [0.717, 1.165) is 31.4 Å². The first-order chi connectivity index (χ1) is 13.4. The van der Waals surface area contributed by atoms with Gasteiger partial charge >= 0.3 is 5.97 Å². The topological polar surface area (TPSA) is 111 Å². The number of aromatic nitrogens is 1. The molecule has 0 atom stereocenters. The van der Waals surface area contributed by atoms with Crippen LogP contribution in [0.2, 0.25) is 0 Å². The highest BCUT2D eigenvalue weighted by molar-refractivity contribution is 8.01. The van der Waals surface area contributed by atoms with Gasteiger partial charge in [-0.05, 0) is 25.8 Å². The van der Waals surface area contributed by atoms with Crippen LogP contribution in [0, 0.1) is 17.0 Å². The molecule has 0 aliphatic heterocycles. The van der Waals surface area contributed by atoms with Crippen LogP contribution >= 0.6 is 23.1 Å². The first-order valence-corrected chi connectivity index (χ1v) is 10.5. The molecule has 1 amide bonds. The number of esters is 1. The number of aryl methyl sites for hydroxylation is 1. The number of hydrogen-bond donors (Lipinski definition) is 1. The van der Waals surface area contributed by atoms with Crippen molar-refractivity contribution >= 4 is 40.7 Å². The predicted octanol–water partition coefficient (Wildman–Crippen LogP) is 3.73. The summed E-state index contributed by atoms with van der Waals surface area (Å²) in [6.45, 7) is 1.44. The molecule has 1 fully saturated rings. The van der Waals surface area contributed by atoms with Gasteiger partial charge < -0.3 is 10.1 Å². The monoisotopic (exact) mass is 421 g/mol. The number of rotatable bonds is 7. The van der Waals surface area contributed by atoms with Gasteiger partial charge in [0.1, 0.15) is 0 Å². The summed E-state index contributed by atoms with van der Waals surface area (Å²) in [7, 11) is 0. The fourth-order valence-corrected chi connectivity index (χ4v) is 4.79. The summed E-state index contributed by atoms with van der Waals surface area (Å²) in [4.78, 5) is 39.8. The number of carbonyl (C=O) groups is 2. The fourth-order valence-electron chi connectivity index (χ4n) is 2.90. The number of amides is 1. The first kappa shape index (κ1) is 20.3. The number of hydrogen-bond acceptors (Lipinski definition) is 8. The molecule has 8 nitrogen and oxygen atoms in total. The van der Waals surface area contributed by atoms with Gasteiger partial charge in [0.25, 0.3) is 11.6 Å². The second-order valence-corrected chi connectivity index (χ2v) is 8.57. The molecule has 0 spiro atoms. The highest BCUT2D eigenvalue weighted by atomic mass is 32.2. The molecule has 10 heteroatoms. The highest BCUT2D eigenvalue weighted by Gasteiger charge is 2.22.